The molecule has 8 heavy (non-hydrogen) atoms. The van der Waals surface area contributed by atoms with Crippen molar-refractivity contribution in [3.8, 4) is 0 Å². The second-order valence-corrected chi connectivity index (χ2v) is 4.89. The van der Waals surface area contributed by atoms with Gasteiger partial charge < -0.3 is 0 Å². The van der Waals surface area contributed by atoms with Gasteiger partial charge in [-0.2, -0.15) is 0 Å². The van der Waals surface area contributed by atoms with Gasteiger partial charge in [0.1, 0.15) is 0 Å². The number of hydrogen-bond acceptors (Lipinski definition) is 0. The molecule has 0 saturated heterocycles. The third-order valence-electron chi connectivity index (χ3n) is 1.26. The first-order chi connectivity index (χ1) is 3.80. The van der Waals surface area contributed by atoms with E-state index in [2.05, 4.69) is 31.2 Å². The minimum atomic E-state index is 0.798. The number of rotatable bonds is 0. The van der Waals surface area contributed by atoms with Crippen molar-refractivity contribution in [2.75, 3.05) is 0 Å². The third kappa shape index (κ3) is 1.31. The van der Waals surface area contributed by atoms with Gasteiger partial charge in [0.05, 0.1) is 0 Å². The Hall–Kier alpha value is 0.155. The zero-order valence-corrected chi connectivity index (χ0v) is 10.5. The van der Waals surface area contributed by atoms with Crippen molar-refractivity contribution in [2.45, 2.75) is 6.92 Å². The van der Waals surface area contributed by atoms with E-state index in [1.165, 1.54) is 5.56 Å². The SMILES string of the molecule is Cc1cccc[c]1[Hg]. The minimum absolute atomic E-state index is 0.798. The first kappa shape index (κ1) is 6.28. The predicted molar refractivity (Wildman–Crippen MR) is 30.8 cm³/mol. The van der Waals surface area contributed by atoms with Crippen LogP contribution in [0, 0.1) is 6.92 Å². The van der Waals surface area contributed by atoms with E-state index >= 15 is 0 Å². The summed E-state index contributed by atoms with van der Waals surface area (Å²) in [4.78, 5) is 0. The van der Waals surface area contributed by atoms with Gasteiger partial charge in [-0.25, -0.2) is 0 Å². The van der Waals surface area contributed by atoms with Gasteiger partial charge in [-0.15, -0.1) is 0 Å². The molecule has 0 aromatic heterocycles. The van der Waals surface area contributed by atoms with Crippen molar-refractivity contribution in [3.63, 3.8) is 0 Å². The Bertz CT molecular complexity index is 160. The van der Waals surface area contributed by atoms with Crippen LogP contribution in [0.4, 0.5) is 0 Å². The van der Waals surface area contributed by atoms with E-state index in [0.29, 0.717) is 0 Å². The van der Waals surface area contributed by atoms with Gasteiger partial charge in [0.15, 0.2) is 0 Å². The first-order valence-corrected chi connectivity index (χ1v) is 5.43. The molecule has 0 fully saturated rings. The zero-order valence-electron chi connectivity index (χ0n) is 5.02. The summed E-state index contributed by atoms with van der Waals surface area (Å²) in [6.07, 6.45) is 0. The first-order valence-electron chi connectivity index (χ1n) is 2.68. The predicted octanol–water partition coefficient (Wildman–Crippen LogP) is 1.17. The summed E-state index contributed by atoms with van der Waals surface area (Å²) in [5.74, 6) is 0. The fraction of sp³-hybridized carbons (Fsp3) is 0.143. The summed E-state index contributed by atoms with van der Waals surface area (Å²) in [6, 6.07) is 8.57. The Morgan fingerprint density at radius 3 is 2.25 bits per heavy atom. The second kappa shape index (κ2) is 2.63. The molecular weight excluding hydrogens is 285 g/mol. The summed E-state index contributed by atoms with van der Waals surface area (Å²) in [5, 5.41) is 0. The molecule has 37 valence electrons. The van der Waals surface area contributed by atoms with E-state index in [0.717, 1.165) is 26.1 Å². The van der Waals surface area contributed by atoms with Gasteiger partial charge in [0.25, 0.3) is 0 Å². The van der Waals surface area contributed by atoms with E-state index in [9.17, 15) is 0 Å². The molecular formula is C7H7Hg. The molecule has 0 spiro atoms. The van der Waals surface area contributed by atoms with Crippen LogP contribution in [0.2, 0.25) is 0 Å². The zero-order chi connectivity index (χ0) is 5.98. The molecule has 0 unspecified atom stereocenters. The van der Waals surface area contributed by atoms with Crippen molar-refractivity contribution in [2.24, 2.45) is 0 Å². The van der Waals surface area contributed by atoms with Crippen LogP contribution in [-0.2, 0) is 26.1 Å². The van der Waals surface area contributed by atoms with Crippen LogP contribution >= 0.6 is 0 Å². The normalized spacial score (nSPS) is 9.38. The summed E-state index contributed by atoms with van der Waals surface area (Å²) < 4.78 is 1.56. The van der Waals surface area contributed by atoms with E-state index in [1.54, 1.807) is 3.07 Å². The number of benzene rings is 1. The molecule has 0 heterocycles. The molecule has 0 radical (unpaired) electrons. The quantitative estimate of drug-likeness (QED) is 0.630. The number of aryl methyl sites for hydroxylation is 1. The Kier molecular flexibility index (Phi) is 2.06. The molecule has 0 bridgehead atoms. The van der Waals surface area contributed by atoms with Crippen LogP contribution < -0.4 is 3.07 Å². The van der Waals surface area contributed by atoms with Crippen molar-refractivity contribution >= 4 is 3.07 Å². The van der Waals surface area contributed by atoms with Crippen LogP contribution in [0.15, 0.2) is 24.3 Å². The summed E-state index contributed by atoms with van der Waals surface area (Å²) in [7, 11) is 0. The summed E-state index contributed by atoms with van der Waals surface area (Å²) >= 11 is 0.798. The number of hydrogen-bond donors (Lipinski definition) is 0. The van der Waals surface area contributed by atoms with Crippen molar-refractivity contribution in [1.29, 1.82) is 0 Å². The Morgan fingerprint density at radius 2 is 1.88 bits per heavy atom. The van der Waals surface area contributed by atoms with Crippen LogP contribution in [0.3, 0.4) is 0 Å². The van der Waals surface area contributed by atoms with Gasteiger partial charge >= 0.3 is 65.9 Å². The van der Waals surface area contributed by atoms with Crippen LogP contribution in [-0.4, -0.2) is 0 Å². The van der Waals surface area contributed by atoms with Crippen LogP contribution in [0.5, 0.6) is 0 Å². The van der Waals surface area contributed by atoms with E-state index < -0.39 is 0 Å². The molecule has 0 amide bonds. The monoisotopic (exact) mass is 293 g/mol. The summed E-state index contributed by atoms with van der Waals surface area (Å²) in [6.45, 7) is 2.17. The average molecular weight is 292 g/mol. The molecule has 0 atom stereocenters. The Morgan fingerprint density at radius 1 is 1.25 bits per heavy atom. The van der Waals surface area contributed by atoms with Gasteiger partial charge in [0, 0.05) is 0 Å². The Labute approximate surface area is 65.9 Å². The molecule has 0 nitrogen and oxygen atoms in total. The van der Waals surface area contributed by atoms with Crippen molar-refractivity contribution in [3.05, 3.63) is 29.8 Å². The van der Waals surface area contributed by atoms with E-state index in [1.807, 2.05) is 0 Å². The maximum absolute atomic E-state index is 2.21. The topological polar surface area (TPSA) is 0 Å². The van der Waals surface area contributed by atoms with Crippen molar-refractivity contribution < 1.29 is 26.1 Å². The Balaban J connectivity index is 3.13. The van der Waals surface area contributed by atoms with Gasteiger partial charge in [-0.05, 0) is 0 Å². The standard InChI is InChI=1S/C7H7.Hg/c1-7-5-3-2-4-6-7;/h2-5H,1H3;. The molecule has 0 N–H and O–H groups in total. The fourth-order valence-corrected chi connectivity index (χ4v) is 1.60. The molecule has 0 saturated carbocycles. The summed E-state index contributed by atoms with van der Waals surface area (Å²) in [5.41, 5.74) is 1.45. The third-order valence-corrected chi connectivity index (χ3v) is 4.35. The van der Waals surface area contributed by atoms with E-state index in [4.69, 9.17) is 0 Å². The molecule has 1 aromatic carbocycles. The van der Waals surface area contributed by atoms with Gasteiger partial charge in [-0.3, -0.25) is 0 Å². The van der Waals surface area contributed by atoms with Gasteiger partial charge in [-0.1, -0.05) is 0 Å². The van der Waals surface area contributed by atoms with Crippen LogP contribution in [0.1, 0.15) is 5.56 Å². The molecule has 1 aromatic rings. The molecule has 1 rings (SSSR count). The average Bonchev–Trinajstić information content (AvgIpc) is 1.77. The van der Waals surface area contributed by atoms with Gasteiger partial charge in [0.2, 0.25) is 0 Å². The second-order valence-electron chi connectivity index (χ2n) is 1.93. The van der Waals surface area contributed by atoms with Crippen LogP contribution in [0.25, 0.3) is 0 Å². The van der Waals surface area contributed by atoms with E-state index in [-0.39, 0.29) is 0 Å². The molecule has 1 heteroatoms. The molecule has 0 aliphatic heterocycles. The molecule has 0 aliphatic carbocycles. The molecule has 0 aliphatic rings. The van der Waals surface area contributed by atoms with Crippen molar-refractivity contribution in [1.82, 2.24) is 0 Å². The fourth-order valence-electron chi connectivity index (χ4n) is 0.610. The maximum atomic E-state index is 2.21.